The van der Waals surface area contributed by atoms with Gasteiger partial charge in [-0.25, -0.2) is 0 Å². The van der Waals surface area contributed by atoms with Crippen molar-refractivity contribution in [2.24, 2.45) is 7.05 Å². The Labute approximate surface area is 106 Å². The monoisotopic (exact) mass is 253 g/mol. The van der Waals surface area contributed by atoms with Gasteiger partial charge in [-0.3, -0.25) is 4.68 Å². The molecule has 0 aliphatic heterocycles. The van der Waals surface area contributed by atoms with Gasteiger partial charge in [-0.05, 0) is 12.5 Å². The summed E-state index contributed by atoms with van der Waals surface area (Å²) >= 11 is 6.25. The molecule has 5 heteroatoms. The van der Waals surface area contributed by atoms with E-state index in [-0.39, 0.29) is 0 Å². The normalized spacial score (nSPS) is 11.0. The largest absolute Gasteiger partial charge is 0.472 e. The van der Waals surface area contributed by atoms with Gasteiger partial charge in [-0.1, -0.05) is 18.5 Å². The van der Waals surface area contributed by atoms with Crippen LogP contribution in [-0.4, -0.2) is 9.78 Å². The van der Waals surface area contributed by atoms with Crippen molar-refractivity contribution in [3.8, 4) is 0 Å². The molecule has 0 aliphatic rings. The standard InChI is InChI=1S/C12H16ClN3O/c1-3-10-12(13)11(16(2)15-10)7-14-6-9-4-5-17-8-9/h4-5,8,14H,3,6-7H2,1-2H3. The van der Waals surface area contributed by atoms with Gasteiger partial charge in [0.05, 0.1) is 28.9 Å². The number of hydrogen-bond acceptors (Lipinski definition) is 3. The van der Waals surface area contributed by atoms with E-state index in [1.807, 2.05) is 17.8 Å². The zero-order valence-electron chi connectivity index (χ0n) is 10.0. The van der Waals surface area contributed by atoms with Gasteiger partial charge < -0.3 is 9.73 Å². The van der Waals surface area contributed by atoms with Crippen molar-refractivity contribution < 1.29 is 4.42 Å². The van der Waals surface area contributed by atoms with Crippen LogP contribution in [0.5, 0.6) is 0 Å². The fraction of sp³-hybridized carbons (Fsp3) is 0.417. The molecule has 2 heterocycles. The van der Waals surface area contributed by atoms with Gasteiger partial charge in [0, 0.05) is 25.7 Å². The molecule has 0 radical (unpaired) electrons. The summed E-state index contributed by atoms with van der Waals surface area (Å²) in [6, 6.07) is 1.94. The lowest BCUT2D eigenvalue weighted by Crippen LogP contribution is -2.15. The van der Waals surface area contributed by atoms with Crippen LogP contribution < -0.4 is 5.32 Å². The molecular weight excluding hydrogens is 238 g/mol. The first-order valence-corrected chi connectivity index (χ1v) is 6.02. The highest BCUT2D eigenvalue weighted by Gasteiger charge is 2.12. The summed E-state index contributed by atoms with van der Waals surface area (Å²) in [7, 11) is 1.92. The van der Waals surface area contributed by atoms with Crippen molar-refractivity contribution >= 4 is 11.6 Å². The predicted octanol–water partition coefficient (Wildman–Crippen LogP) is 2.52. The van der Waals surface area contributed by atoms with Gasteiger partial charge in [0.15, 0.2) is 0 Å². The number of furan rings is 1. The molecule has 0 unspecified atom stereocenters. The summed E-state index contributed by atoms with van der Waals surface area (Å²) in [6.07, 6.45) is 4.26. The minimum atomic E-state index is 0.702. The van der Waals surface area contributed by atoms with Gasteiger partial charge in [0.1, 0.15) is 0 Å². The molecule has 4 nitrogen and oxygen atoms in total. The van der Waals surface area contributed by atoms with Crippen LogP contribution in [-0.2, 0) is 26.6 Å². The molecule has 2 aromatic rings. The molecular formula is C12H16ClN3O. The molecule has 0 aromatic carbocycles. The fourth-order valence-electron chi connectivity index (χ4n) is 1.73. The minimum Gasteiger partial charge on any atom is -0.472 e. The third-order valence-corrected chi connectivity index (χ3v) is 3.14. The SMILES string of the molecule is CCc1nn(C)c(CNCc2ccoc2)c1Cl. The first-order valence-electron chi connectivity index (χ1n) is 5.64. The van der Waals surface area contributed by atoms with Crippen LogP contribution in [0.2, 0.25) is 5.02 Å². The zero-order chi connectivity index (χ0) is 12.3. The van der Waals surface area contributed by atoms with Crippen LogP contribution in [0.25, 0.3) is 0 Å². The summed E-state index contributed by atoms with van der Waals surface area (Å²) in [6.45, 7) is 3.52. The predicted molar refractivity (Wildman–Crippen MR) is 66.8 cm³/mol. The van der Waals surface area contributed by atoms with Crippen molar-refractivity contribution in [2.75, 3.05) is 0 Å². The minimum absolute atomic E-state index is 0.702. The molecule has 0 atom stereocenters. The topological polar surface area (TPSA) is 43.0 Å². The van der Waals surface area contributed by atoms with Crippen LogP contribution in [0, 0.1) is 0 Å². The third-order valence-electron chi connectivity index (χ3n) is 2.70. The van der Waals surface area contributed by atoms with Crippen molar-refractivity contribution in [1.82, 2.24) is 15.1 Å². The Morgan fingerprint density at radius 3 is 2.88 bits per heavy atom. The smallest absolute Gasteiger partial charge is 0.0947 e. The number of rotatable bonds is 5. The van der Waals surface area contributed by atoms with Gasteiger partial charge in [0.2, 0.25) is 0 Å². The second kappa shape index (κ2) is 5.38. The molecule has 0 fully saturated rings. The number of halogens is 1. The van der Waals surface area contributed by atoms with E-state index >= 15 is 0 Å². The molecule has 1 N–H and O–H groups in total. The number of nitrogens with one attached hydrogen (secondary N) is 1. The summed E-state index contributed by atoms with van der Waals surface area (Å²) in [5.74, 6) is 0. The number of nitrogens with zero attached hydrogens (tertiary/aromatic N) is 2. The van der Waals surface area contributed by atoms with Crippen LogP contribution in [0.1, 0.15) is 23.9 Å². The Balaban J connectivity index is 1.97. The van der Waals surface area contributed by atoms with E-state index in [2.05, 4.69) is 17.3 Å². The molecule has 2 rings (SSSR count). The van der Waals surface area contributed by atoms with E-state index in [1.54, 1.807) is 12.5 Å². The second-order valence-electron chi connectivity index (χ2n) is 3.92. The maximum atomic E-state index is 6.25. The van der Waals surface area contributed by atoms with Gasteiger partial charge in [0.25, 0.3) is 0 Å². The lowest BCUT2D eigenvalue weighted by Gasteiger charge is -2.04. The van der Waals surface area contributed by atoms with Crippen LogP contribution in [0.15, 0.2) is 23.0 Å². The molecule has 0 spiro atoms. The zero-order valence-corrected chi connectivity index (χ0v) is 10.8. The van der Waals surface area contributed by atoms with Crippen molar-refractivity contribution in [1.29, 1.82) is 0 Å². The molecule has 17 heavy (non-hydrogen) atoms. The maximum Gasteiger partial charge on any atom is 0.0947 e. The van der Waals surface area contributed by atoms with Gasteiger partial charge in [-0.2, -0.15) is 5.10 Å². The average Bonchev–Trinajstić information content (AvgIpc) is 2.91. The summed E-state index contributed by atoms with van der Waals surface area (Å²) in [5, 5.41) is 8.46. The van der Waals surface area contributed by atoms with E-state index < -0.39 is 0 Å². The summed E-state index contributed by atoms with van der Waals surface area (Å²) < 4.78 is 6.84. The Morgan fingerprint density at radius 1 is 1.47 bits per heavy atom. The van der Waals surface area contributed by atoms with Gasteiger partial charge in [-0.15, -0.1) is 0 Å². The number of aryl methyl sites for hydroxylation is 2. The van der Waals surface area contributed by atoms with E-state index in [4.69, 9.17) is 16.0 Å². The molecule has 0 amide bonds. The van der Waals surface area contributed by atoms with E-state index in [0.717, 1.165) is 34.9 Å². The Hall–Kier alpha value is -1.26. The van der Waals surface area contributed by atoms with Crippen molar-refractivity contribution in [2.45, 2.75) is 26.4 Å². The summed E-state index contributed by atoms with van der Waals surface area (Å²) in [4.78, 5) is 0. The van der Waals surface area contributed by atoms with Gasteiger partial charge >= 0.3 is 0 Å². The van der Waals surface area contributed by atoms with E-state index in [0.29, 0.717) is 6.54 Å². The first-order chi connectivity index (χ1) is 8.22. The highest BCUT2D eigenvalue weighted by molar-refractivity contribution is 6.31. The fourth-order valence-corrected chi connectivity index (χ4v) is 2.09. The van der Waals surface area contributed by atoms with Crippen molar-refractivity contribution in [3.63, 3.8) is 0 Å². The average molecular weight is 254 g/mol. The van der Waals surface area contributed by atoms with E-state index in [9.17, 15) is 0 Å². The Kier molecular flexibility index (Phi) is 3.86. The molecule has 92 valence electrons. The third kappa shape index (κ3) is 2.70. The van der Waals surface area contributed by atoms with E-state index in [1.165, 1.54) is 0 Å². The van der Waals surface area contributed by atoms with Crippen LogP contribution >= 0.6 is 11.6 Å². The molecule has 0 aliphatic carbocycles. The Bertz CT molecular complexity index is 476. The number of hydrogen-bond donors (Lipinski definition) is 1. The second-order valence-corrected chi connectivity index (χ2v) is 4.30. The lowest BCUT2D eigenvalue weighted by atomic mass is 10.3. The van der Waals surface area contributed by atoms with Crippen molar-refractivity contribution in [3.05, 3.63) is 40.6 Å². The summed E-state index contributed by atoms with van der Waals surface area (Å²) in [5.41, 5.74) is 3.10. The Morgan fingerprint density at radius 2 is 2.29 bits per heavy atom. The molecule has 0 saturated heterocycles. The number of aromatic nitrogens is 2. The van der Waals surface area contributed by atoms with Crippen LogP contribution in [0.3, 0.4) is 0 Å². The highest BCUT2D eigenvalue weighted by atomic mass is 35.5. The van der Waals surface area contributed by atoms with Crippen LogP contribution in [0.4, 0.5) is 0 Å². The first kappa shape index (κ1) is 12.2. The highest BCUT2D eigenvalue weighted by Crippen LogP contribution is 2.20. The quantitative estimate of drug-likeness (QED) is 0.891. The molecule has 2 aromatic heterocycles. The lowest BCUT2D eigenvalue weighted by molar-refractivity contribution is 0.558. The molecule has 0 bridgehead atoms. The maximum absolute atomic E-state index is 6.25. The molecule has 0 saturated carbocycles.